The summed E-state index contributed by atoms with van der Waals surface area (Å²) in [7, 11) is 0. The Hall–Kier alpha value is -4.09. The van der Waals surface area contributed by atoms with Crippen molar-refractivity contribution in [1.29, 1.82) is 0 Å². The molecule has 0 aliphatic rings. The molecule has 0 saturated heterocycles. The second-order valence-corrected chi connectivity index (χ2v) is 7.15. The maximum absolute atomic E-state index is 13.2. The average Bonchev–Trinajstić information content (AvgIpc) is 2.85. The van der Waals surface area contributed by atoms with Crippen LogP contribution in [-0.4, -0.2) is 21.7 Å². The lowest BCUT2D eigenvalue weighted by Gasteiger charge is -2.11. The number of ketones is 1. The van der Waals surface area contributed by atoms with E-state index in [4.69, 9.17) is 16.3 Å². The van der Waals surface area contributed by atoms with Gasteiger partial charge in [0.25, 0.3) is 0 Å². The number of rotatable bonds is 6. The van der Waals surface area contributed by atoms with E-state index in [0.717, 1.165) is 0 Å². The van der Waals surface area contributed by atoms with Crippen molar-refractivity contribution in [3.05, 3.63) is 130 Å². The van der Waals surface area contributed by atoms with Gasteiger partial charge in [-0.05, 0) is 48.5 Å². The van der Waals surface area contributed by atoms with Gasteiger partial charge < -0.3 is 4.74 Å². The van der Waals surface area contributed by atoms with E-state index in [1.807, 2.05) is 6.07 Å². The van der Waals surface area contributed by atoms with Gasteiger partial charge in [-0.15, -0.1) is 0 Å². The summed E-state index contributed by atoms with van der Waals surface area (Å²) in [6.45, 7) is 0. The third-order valence-corrected chi connectivity index (χ3v) is 4.98. The fraction of sp³-hybridized carbons (Fsp3) is 0. The molecule has 156 valence electrons. The molecule has 0 bridgehead atoms. The molecule has 0 spiro atoms. The third kappa shape index (κ3) is 4.79. The van der Waals surface area contributed by atoms with Gasteiger partial charge in [0.1, 0.15) is 5.76 Å². The van der Waals surface area contributed by atoms with E-state index in [1.165, 1.54) is 0 Å². The highest BCUT2D eigenvalue weighted by atomic mass is 35.5. The number of pyridine rings is 2. The lowest BCUT2D eigenvalue weighted by Crippen LogP contribution is -2.08. The third-order valence-electron chi connectivity index (χ3n) is 4.65. The molecule has 0 aliphatic heterocycles. The average molecular weight is 441 g/mol. The number of carbonyl (C=O) groups excluding carboxylic acids is 2. The van der Waals surface area contributed by atoms with E-state index in [0.29, 0.717) is 33.0 Å². The van der Waals surface area contributed by atoms with Crippen LogP contribution in [0.1, 0.15) is 37.5 Å². The van der Waals surface area contributed by atoms with Crippen LogP contribution in [-0.2, 0) is 4.74 Å². The molecule has 0 fully saturated rings. The highest BCUT2D eigenvalue weighted by Gasteiger charge is 2.18. The lowest BCUT2D eigenvalue weighted by molar-refractivity contribution is 0.0693. The molecule has 4 aromatic rings. The number of hydrogen-bond acceptors (Lipinski definition) is 5. The van der Waals surface area contributed by atoms with Crippen molar-refractivity contribution in [3.8, 4) is 0 Å². The minimum absolute atomic E-state index is 0.244. The van der Waals surface area contributed by atoms with Crippen LogP contribution in [0.4, 0.5) is 0 Å². The number of ether oxygens (including phenoxy) is 1. The number of hydrogen-bond donors (Lipinski definition) is 0. The van der Waals surface area contributed by atoms with Crippen molar-refractivity contribution in [3.63, 3.8) is 0 Å². The van der Waals surface area contributed by atoms with Crippen LogP contribution in [0, 0.1) is 0 Å². The Morgan fingerprint density at radius 3 is 2.19 bits per heavy atom. The molecule has 2 aromatic heterocycles. The van der Waals surface area contributed by atoms with Crippen molar-refractivity contribution in [2.24, 2.45) is 0 Å². The molecule has 5 nitrogen and oxygen atoms in total. The molecule has 32 heavy (non-hydrogen) atoms. The summed E-state index contributed by atoms with van der Waals surface area (Å²) in [6.07, 6.45) is 6.32. The Bertz CT molecular complexity index is 1290. The first-order chi connectivity index (χ1) is 15.6. The minimum Gasteiger partial charge on any atom is -0.422 e. The van der Waals surface area contributed by atoms with E-state index in [1.54, 1.807) is 97.5 Å². The summed E-state index contributed by atoms with van der Waals surface area (Å²) in [4.78, 5) is 34.3. The van der Waals surface area contributed by atoms with Crippen molar-refractivity contribution in [2.45, 2.75) is 0 Å². The summed E-state index contributed by atoms with van der Waals surface area (Å²) >= 11 is 6.23. The maximum atomic E-state index is 13.2. The lowest BCUT2D eigenvalue weighted by atomic mass is 10.0. The summed E-state index contributed by atoms with van der Waals surface area (Å²) in [5.74, 6) is -0.560. The predicted molar refractivity (Wildman–Crippen MR) is 123 cm³/mol. The molecule has 0 amide bonds. The van der Waals surface area contributed by atoms with Crippen LogP contribution in [0.25, 0.3) is 11.8 Å². The second-order valence-electron chi connectivity index (χ2n) is 6.75. The molecule has 0 N–H and O–H groups in total. The smallest absolute Gasteiger partial charge is 0.343 e. The SMILES string of the molecule is O=C(OC(=Cc1ncccc1C(=O)c1ccccc1Cl)c1ccncc1)c1ccccc1. The van der Waals surface area contributed by atoms with Crippen LogP contribution in [0.3, 0.4) is 0 Å². The largest absolute Gasteiger partial charge is 0.422 e. The minimum atomic E-state index is -0.524. The first-order valence-electron chi connectivity index (χ1n) is 9.77. The van der Waals surface area contributed by atoms with E-state index < -0.39 is 5.97 Å². The topological polar surface area (TPSA) is 69.2 Å². The molecule has 4 rings (SSSR count). The molecule has 6 heteroatoms. The summed E-state index contributed by atoms with van der Waals surface area (Å²) < 4.78 is 5.71. The quantitative estimate of drug-likeness (QED) is 0.218. The highest BCUT2D eigenvalue weighted by molar-refractivity contribution is 6.35. The summed E-state index contributed by atoms with van der Waals surface area (Å²) in [5, 5.41) is 0.348. The summed E-state index contributed by atoms with van der Waals surface area (Å²) in [5.41, 5.74) is 2.07. The van der Waals surface area contributed by atoms with Gasteiger partial charge in [0.2, 0.25) is 0 Å². The Balaban J connectivity index is 1.77. The van der Waals surface area contributed by atoms with Crippen LogP contribution in [0.5, 0.6) is 0 Å². The van der Waals surface area contributed by atoms with Gasteiger partial charge in [-0.25, -0.2) is 4.79 Å². The highest BCUT2D eigenvalue weighted by Crippen LogP contribution is 2.25. The van der Waals surface area contributed by atoms with Crippen LogP contribution in [0.2, 0.25) is 5.02 Å². The maximum Gasteiger partial charge on any atom is 0.343 e. The zero-order chi connectivity index (χ0) is 22.3. The second kappa shape index (κ2) is 9.81. The number of halogens is 1. The standard InChI is InChI=1S/C26H17ClN2O3/c27-22-11-5-4-9-20(22)25(30)21-10-6-14-29-23(21)17-24(18-12-15-28-16-13-18)32-26(31)19-7-2-1-3-8-19/h1-17H. The Kier molecular flexibility index (Phi) is 6.49. The summed E-state index contributed by atoms with van der Waals surface area (Å²) in [6, 6.07) is 22.2. The van der Waals surface area contributed by atoms with E-state index in [-0.39, 0.29) is 11.5 Å². The van der Waals surface area contributed by atoms with Crippen LogP contribution in [0.15, 0.2) is 97.5 Å². The van der Waals surface area contributed by atoms with Crippen molar-refractivity contribution in [1.82, 2.24) is 9.97 Å². The normalized spacial score (nSPS) is 11.1. The molecule has 0 aliphatic carbocycles. The van der Waals surface area contributed by atoms with Gasteiger partial charge in [-0.2, -0.15) is 0 Å². The van der Waals surface area contributed by atoms with Gasteiger partial charge in [0, 0.05) is 41.4 Å². The monoisotopic (exact) mass is 440 g/mol. The van der Waals surface area contributed by atoms with E-state index in [2.05, 4.69) is 9.97 Å². The van der Waals surface area contributed by atoms with Gasteiger partial charge in [0.15, 0.2) is 5.78 Å². The number of benzene rings is 2. The molecule has 0 atom stereocenters. The Morgan fingerprint density at radius 2 is 1.44 bits per heavy atom. The molecule has 2 heterocycles. The molecule has 2 aromatic carbocycles. The van der Waals surface area contributed by atoms with Gasteiger partial charge in [-0.1, -0.05) is 41.9 Å². The van der Waals surface area contributed by atoms with Gasteiger partial charge >= 0.3 is 5.97 Å². The van der Waals surface area contributed by atoms with Gasteiger partial charge in [-0.3, -0.25) is 14.8 Å². The zero-order valence-electron chi connectivity index (χ0n) is 16.8. The van der Waals surface area contributed by atoms with E-state index in [9.17, 15) is 9.59 Å². The molecular weight excluding hydrogens is 424 g/mol. The van der Waals surface area contributed by atoms with Crippen molar-refractivity contribution < 1.29 is 14.3 Å². The van der Waals surface area contributed by atoms with Crippen molar-refractivity contribution >= 4 is 35.2 Å². The van der Waals surface area contributed by atoms with Gasteiger partial charge in [0.05, 0.1) is 16.3 Å². The Labute approximate surface area is 190 Å². The van der Waals surface area contributed by atoms with Crippen LogP contribution >= 0.6 is 11.6 Å². The number of carbonyl (C=O) groups is 2. The fourth-order valence-electron chi connectivity index (χ4n) is 3.06. The predicted octanol–water partition coefficient (Wildman–Crippen LogP) is 5.72. The fourth-order valence-corrected chi connectivity index (χ4v) is 3.28. The van der Waals surface area contributed by atoms with Crippen molar-refractivity contribution in [2.75, 3.05) is 0 Å². The number of aromatic nitrogens is 2. The van der Waals surface area contributed by atoms with E-state index >= 15 is 0 Å². The molecule has 0 saturated carbocycles. The number of esters is 1. The molecule has 0 radical (unpaired) electrons. The van der Waals surface area contributed by atoms with Crippen LogP contribution < -0.4 is 0 Å². The molecule has 0 unspecified atom stereocenters. The first kappa shape index (κ1) is 21.2. The molecular formula is C26H17ClN2O3. The number of nitrogens with zero attached hydrogens (tertiary/aromatic N) is 2. The Morgan fingerprint density at radius 1 is 0.750 bits per heavy atom. The first-order valence-corrected chi connectivity index (χ1v) is 10.1. The zero-order valence-corrected chi connectivity index (χ0v) is 17.6.